The second-order valence-corrected chi connectivity index (χ2v) is 4.43. The van der Waals surface area contributed by atoms with Gasteiger partial charge in [0.05, 0.1) is 6.42 Å². The maximum Gasteiger partial charge on any atom is 0.303 e. The zero-order valence-electron chi connectivity index (χ0n) is 8.12. The summed E-state index contributed by atoms with van der Waals surface area (Å²) in [5, 5.41) is 18.0. The maximum atomic E-state index is 10.6. The Kier molecular flexibility index (Phi) is 3.31. The molecule has 0 amide bonds. The van der Waals surface area contributed by atoms with Crippen LogP contribution in [0, 0.1) is 11.3 Å². The fraction of sp³-hybridized carbons (Fsp3) is 0.900. The molecule has 76 valence electrons. The first kappa shape index (κ1) is 10.5. The van der Waals surface area contributed by atoms with Gasteiger partial charge in [-0.2, -0.15) is 0 Å². The Hall–Kier alpha value is -0.570. The van der Waals surface area contributed by atoms with Crippen LogP contribution in [0.5, 0.6) is 0 Å². The van der Waals surface area contributed by atoms with E-state index in [0.29, 0.717) is 5.92 Å². The molecule has 0 radical (unpaired) electrons. The third-order valence-corrected chi connectivity index (χ3v) is 3.05. The van der Waals surface area contributed by atoms with Crippen LogP contribution in [0.25, 0.3) is 0 Å². The van der Waals surface area contributed by atoms with E-state index < -0.39 is 5.97 Å². The summed E-state index contributed by atoms with van der Waals surface area (Å²) >= 11 is 0. The fourth-order valence-electron chi connectivity index (χ4n) is 2.45. The quantitative estimate of drug-likeness (QED) is 0.704. The van der Waals surface area contributed by atoms with Crippen LogP contribution in [0.3, 0.4) is 0 Å². The van der Waals surface area contributed by atoms with Crippen LogP contribution >= 0.6 is 0 Å². The normalized spacial score (nSPS) is 34.5. The minimum atomic E-state index is -0.789. The zero-order valence-corrected chi connectivity index (χ0v) is 8.12. The number of carbonyl (C=O) groups is 1. The van der Waals surface area contributed by atoms with E-state index in [2.05, 4.69) is 6.92 Å². The summed E-state index contributed by atoms with van der Waals surface area (Å²) in [6.07, 6.45) is 4.06. The van der Waals surface area contributed by atoms with Crippen molar-refractivity contribution in [2.24, 2.45) is 11.3 Å². The van der Waals surface area contributed by atoms with Crippen LogP contribution in [-0.4, -0.2) is 22.8 Å². The lowest BCUT2D eigenvalue weighted by molar-refractivity contribution is -0.141. The highest BCUT2D eigenvalue weighted by Crippen LogP contribution is 2.41. The molecule has 1 aliphatic carbocycles. The molecule has 3 nitrogen and oxygen atoms in total. The Morgan fingerprint density at radius 3 is 2.77 bits per heavy atom. The van der Waals surface area contributed by atoms with Crippen molar-refractivity contribution in [3.8, 4) is 0 Å². The van der Waals surface area contributed by atoms with E-state index in [0.717, 1.165) is 19.3 Å². The van der Waals surface area contributed by atoms with Crippen LogP contribution in [0.2, 0.25) is 0 Å². The summed E-state index contributed by atoms with van der Waals surface area (Å²) in [7, 11) is 0. The van der Waals surface area contributed by atoms with Crippen molar-refractivity contribution in [3.63, 3.8) is 0 Å². The standard InChI is InChI=1S/C10H18O3/c1-8-3-2-4-10(5-8,7-11)6-9(12)13/h8,11H,2-7H2,1H3,(H,12,13)/t8-,10+/m1/s1. The second kappa shape index (κ2) is 4.09. The minimum Gasteiger partial charge on any atom is -0.481 e. The largest absolute Gasteiger partial charge is 0.481 e. The molecule has 0 spiro atoms. The first-order valence-electron chi connectivity index (χ1n) is 4.91. The molecule has 1 fully saturated rings. The van der Waals surface area contributed by atoms with Gasteiger partial charge in [0.2, 0.25) is 0 Å². The average molecular weight is 186 g/mol. The molecular formula is C10H18O3. The Morgan fingerprint density at radius 2 is 2.31 bits per heavy atom. The van der Waals surface area contributed by atoms with Crippen LogP contribution in [-0.2, 0) is 4.79 Å². The number of aliphatic carboxylic acids is 1. The molecule has 0 aromatic carbocycles. The van der Waals surface area contributed by atoms with Crippen LogP contribution in [0.1, 0.15) is 39.0 Å². The maximum absolute atomic E-state index is 10.6. The molecule has 0 aliphatic heterocycles. The van der Waals surface area contributed by atoms with Crippen molar-refractivity contribution in [1.29, 1.82) is 0 Å². The topological polar surface area (TPSA) is 57.5 Å². The Balaban J connectivity index is 2.61. The second-order valence-electron chi connectivity index (χ2n) is 4.43. The number of aliphatic hydroxyl groups is 1. The highest BCUT2D eigenvalue weighted by atomic mass is 16.4. The Morgan fingerprint density at radius 1 is 1.62 bits per heavy atom. The molecule has 0 saturated heterocycles. The molecule has 0 unspecified atom stereocenters. The van der Waals surface area contributed by atoms with Gasteiger partial charge < -0.3 is 10.2 Å². The molecule has 0 bridgehead atoms. The van der Waals surface area contributed by atoms with E-state index in [-0.39, 0.29) is 18.4 Å². The molecule has 3 heteroatoms. The number of hydrogen-bond acceptors (Lipinski definition) is 2. The van der Waals surface area contributed by atoms with Crippen LogP contribution in [0.15, 0.2) is 0 Å². The van der Waals surface area contributed by atoms with Crippen LogP contribution < -0.4 is 0 Å². The molecule has 1 saturated carbocycles. The minimum absolute atomic E-state index is 0.0175. The van der Waals surface area contributed by atoms with Gasteiger partial charge in [-0.1, -0.05) is 19.8 Å². The fourth-order valence-corrected chi connectivity index (χ4v) is 2.45. The summed E-state index contributed by atoms with van der Waals surface area (Å²) in [5.41, 5.74) is -0.330. The Bertz CT molecular complexity index is 191. The molecule has 0 aromatic heterocycles. The summed E-state index contributed by atoms with van der Waals surface area (Å²) in [6, 6.07) is 0. The first-order chi connectivity index (χ1) is 6.08. The van der Waals surface area contributed by atoms with Gasteiger partial charge in [0.25, 0.3) is 0 Å². The number of hydrogen-bond donors (Lipinski definition) is 2. The number of aliphatic hydroxyl groups excluding tert-OH is 1. The SMILES string of the molecule is C[C@@H]1CCC[C@@](CO)(CC(=O)O)C1. The summed E-state index contributed by atoms with van der Waals surface area (Å²) in [4.78, 5) is 10.6. The highest BCUT2D eigenvalue weighted by Gasteiger charge is 2.36. The lowest BCUT2D eigenvalue weighted by Gasteiger charge is -2.37. The van der Waals surface area contributed by atoms with Gasteiger partial charge in [0.1, 0.15) is 0 Å². The zero-order chi connectivity index (χ0) is 9.90. The molecule has 0 heterocycles. The van der Waals surface area contributed by atoms with Crippen molar-refractivity contribution in [2.45, 2.75) is 39.0 Å². The van der Waals surface area contributed by atoms with E-state index in [9.17, 15) is 9.90 Å². The molecule has 0 aromatic rings. The number of rotatable bonds is 3. The molecule has 1 rings (SSSR count). The van der Waals surface area contributed by atoms with Crippen LogP contribution in [0.4, 0.5) is 0 Å². The van der Waals surface area contributed by atoms with E-state index in [4.69, 9.17) is 5.11 Å². The van der Waals surface area contributed by atoms with Crippen molar-refractivity contribution in [2.75, 3.05) is 6.61 Å². The van der Waals surface area contributed by atoms with Gasteiger partial charge in [-0.3, -0.25) is 4.79 Å². The number of carboxylic acid groups (broad SMARTS) is 1. The highest BCUT2D eigenvalue weighted by molar-refractivity contribution is 5.67. The molecule has 13 heavy (non-hydrogen) atoms. The van der Waals surface area contributed by atoms with Gasteiger partial charge in [0.15, 0.2) is 0 Å². The summed E-state index contributed by atoms with van der Waals surface area (Å²) in [5.74, 6) is -0.233. The molecular weight excluding hydrogens is 168 g/mol. The summed E-state index contributed by atoms with van der Waals surface area (Å²) < 4.78 is 0. The smallest absolute Gasteiger partial charge is 0.303 e. The van der Waals surface area contributed by atoms with E-state index in [1.807, 2.05) is 0 Å². The predicted molar refractivity (Wildman–Crippen MR) is 49.4 cm³/mol. The summed E-state index contributed by atoms with van der Waals surface area (Å²) in [6.45, 7) is 2.15. The van der Waals surface area contributed by atoms with Crippen molar-refractivity contribution < 1.29 is 15.0 Å². The monoisotopic (exact) mass is 186 g/mol. The van der Waals surface area contributed by atoms with Gasteiger partial charge in [0, 0.05) is 12.0 Å². The Labute approximate surface area is 78.8 Å². The van der Waals surface area contributed by atoms with Gasteiger partial charge in [-0.15, -0.1) is 0 Å². The first-order valence-corrected chi connectivity index (χ1v) is 4.91. The van der Waals surface area contributed by atoms with Crippen molar-refractivity contribution in [1.82, 2.24) is 0 Å². The molecule has 2 N–H and O–H groups in total. The third-order valence-electron chi connectivity index (χ3n) is 3.05. The number of carboxylic acids is 1. The van der Waals surface area contributed by atoms with Crippen molar-refractivity contribution >= 4 is 5.97 Å². The van der Waals surface area contributed by atoms with Crippen molar-refractivity contribution in [3.05, 3.63) is 0 Å². The van der Waals surface area contributed by atoms with E-state index in [1.165, 1.54) is 6.42 Å². The molecule has 2 atom stereocenters. The predicted octanol–water partition coefficient (Wildman–Crippen LogP) is 1.65. The third kappa shape index (κ3) is 2.69. The van der Waals surface area contributed by atoms with Gasteiger partial charge in [-0.25, -0.2) is 0 Å². The average Bonchev–Trinajstić information content (AvgIpc) is 2.03. The lowest BCUT2D eigenvalue weighted by atomic mass is 9.69. The lowest BCUT2D eigenvalue weighted by Crippen LogP contribution is -2.33. The van der Waals surface area contributed by atoms with Gasteiger partial charge >= 0.3 is 5.97 Å². The van der Waals surface area contributed by atoms with E-state index in [1.54, 1.807) is 0 Å². The molecule has 1 aliphatic rings. The van der Waals surface area contributed by atoms with Gasteiger partial charge in [-0.05, 0) is 18.8 Å². The van der Waals surface area contributed by atoms with E-state index >= 15 is 0 Å².